The molecule has 1 aliphatic carbocycles. The van der Waals surface area contributed by atoms with Crippen molar-refractivity contribution in [1.82, 2.24) is 9.88 Å². The summed E-state index contributed by atoms with van der Waals surface area (Å²) in [6.45, 7) is 0.855. The first kappa shape index (κ1) is 24.7. The predicted octanol–water partition coefficient (Wildman–Crippen LogP) is 6.27. The number of nitrogens with zero attached hydrogens (tertiary/aromatic N) is 3. The summed E-state index contributed by atoms with van der Waals surface area (Å²) < 4.78 is 13.7. The average molecular weight is 494 g/mol. The van der Waals surface area contributed by atoms with E-state index in [-0.39, 0.29) is 17.4 Å². The summed E-state index contributed by atoms with van der Waals surface area (Å²) in [6, 6.07) is 10.4. The van der Waals surface area contributed by atoms with Crippen LogP contribution in [0.15, 0.2) is 36.5 Å². The van der Waals surface area contributed by atoms with Crippen LogP contribution in [0.25, 0.3) is 10.9 Å². The lowest BCUT2D eigenvalue weighted by molar-refractivity contribution is -0.127. The number of nitrogens with one attached hydrogen (secondary N) is 2. The highest BCUT2D eigenvalue weighted by Crippen LogP contribution is 2.34. The first-order chi connectivity index (χ1) is 16.9. The number of amides is 1. The van der Waals surface area contributed by atoms with Gasteiger partial charge in [-0.25, -0.2) is 4.39 Å². The van der Waals surface area contributed by atoms with E-state index in [9.17, 15) is 14.4 Å². The third-order valence-corrected chi connectivity index (χ3v) is 6.81. The van der Waals surface area contributed by atoms with Crippen molar-refractivity contribution in [3.8, 4) is 6.07 Å². The lowest BCUT2D eigenvalue weighted by Gasteiger charge is -2.23. The van der Waals surface area contributed by atoms with Crippen LogP contribution in [-0.4, -0.2) is 36.4 Å². The predicted molar refractivity (Wildman–Crippen MR) is 139 cm³/mol. The molecular formula is C27H29ClFN5O. The minimum atomic E-state index is -0.518. The van der Waals surface area contributed by atoms with Crippen molar-refractivity contribution in [1.29, 1.82) is 5.26 Å². The zero-order valence-corrected chi connectivity index (χ0v) is 20.8. The number of pyridine rings is 1. The van der Waals surface area contributed by atoms with Crippen LogP contribution in [0.2, 0.25) is 5.02 Å². The average Bonchev–Trinajstić information content (AvgIpc) is 2.85. The smallest absolute Gasteiger partial charge is 0.226 e. The Morgan fingerprint density at radius 3 is 2.66 bits per heavy atom. The summed E-state index contributed by atoms with van der Waals surface area (Å²) >= 11 is 5.98. The van der Waals surface area contributed by atoms with Gasteiger partial charge in [0.25, 0.3) is 0 Å². The number of rotatable bonds is 7. The maximum atomic E-state index is 13.7. The number of hydrogen-bond acceptors (Lipinski definition) is 5. The number of benzene rings is 2. The number of anilines is 3. The molecular weight excluding hydrogens is 465 g/mol. The van der Waals surface area contributed by atoms with E-state index in [4.69, 9.17) is 11.6 Å². The standard InChI is InChI=1S/C27H29ClFN5O/c1-34(2)25(35)11-18-10-21(31-15-17-6-4-3-5-7-17)12-22-26(18)32-16-19(14-30)27(22)33-20-8-9-24(29)23(28)13-20/h8-10,12-13,16-17,31H,3-7,11,15H2,1-2H3,(H,32,33). The molecule has 0 radical (unpaired) electrons. The molecule has 0 unspecified atom stereocenters. The van der Waals surface area contributed by atoms with Gasteiger partial charge in [0.05, 0.1) is 28.2 Å². The summed E-state index contributed by atoms with van der Waals surface area (Å²) in [7, 11) is 3.45. The molecule has 0 saturated heterocycles. The van der Waals surface area contributed by atoms with E-state index in [2.05, 4.69) is 21.7 Å². The number of aromatic nitrogens is 1. The van der Waals surface area contributed by atoms with Crippen molar-refractivity contribution in [2.24, 2.45) is 5.92 Å². The lowest BCUT2D eigenvalue weighted by Crippen LogP contribution is -2.24. The number of hydrogen-bond donors (Lipinski definition) is 2. The molecule has 2 aromatic carbocycles. The van der Waals surface area contributed by atoms with Crippen molar-refractivity contribution in [3.63, 3.8) is 0 Å². The highest BCUT2D eigenvalue weighted by Gasteiger charge is 2.18. The van der Waals surface area contributed by atoms with Gasteiger partial charge in [0.2, 0.25) is 5.91 Å². The zero-order valence-electron chi connectivity index (χ0n) is 20.0. The Balaban J connectivity index is 1.78. The maximum absolute atomic E-state index is 13.7. The molecule has 182 valence electrons. The van der Waals surface area contributed by atoms with Gasteiger partial charge in [-0.1, -0.05) is 30.9 Å². The second kappa shape index (κ2) is 10.9. The van der Waals surface area contributed by atoms with E-state index in [0.29, 0.717) is 33.8 Å². The Morgan fingerprint density at radius 2 is 1.97 bits per heavy atom. The van der Waals surface area contributed by atoms with Gasteiger partial charge < -0.3 is 15.5 Å². The third-order valence-electron chi connectivity index (χ3n) is 6.52. The second-order valence-electron chi connectivity index (χ2n) is 9.29. The van der Waals surface area contributed by atoms with Crippen LogP contribution < -0.4 is 10.6 Å². The van der Waals surface area contributed by atoms with E-state index in [1.807, 2.05) is 12.1 Å². The summed E-state index contributed by atoms with van der Waals surface area (Å²) in [4.78, 5) is 18.7. The Hall–Kier alpha value is -3.37. The SMILES string of the molecule is CN(C)C(=O)Cc1cc(NCC2CCCCC2)cc2c(Nc3ccc(F)c(Cl)c3)c(C#N)cnc12. The van der Waals surface area contributed by atoms with Crippen LogP contribution in [0, 0.1) is 23.1 Å². The van der Waals surface area contributed by atoms with Crippen molar-refractivity contribution < 1.29 is 9.18 Å². The molecule has 35 heavy (non-hydrogen) atoms. The number of carbonyl (C=O) groups is 1. The van der Waals surface area contributed by atoms with Crippen molar-refractivity contribution in [3.05, 3.63) is 58.5 Å². The highest BCUT2D eigenvalue weighted by atomic mass is 35.5. The molecule has 0 bridgehead atoms. The van der Waals surface area contributed by atoms with Crippen LogP contribution >= 0.6 is 11.6 Å². The number of nitriles is 1. The quantitative estimate of drug-likeness (QED) is 0.405. The molecule has 1 aromatic heterocycles. The topological polar surface area (TPSA) is 81.0 Å². The highest BCUT2D eigenvalue weighted by molar-refractivity contribution is 6.31. The molecule has 3 aromatic rings. The largest absolute Gasteiger partial charge is 0.385 e. The summed E-state index contributed by atoms with van der Waals surface area (Å²) in [5.74, 6) is 0.0616. The monoisotopic (exact) mass is 493 g/mol. The fraction of sp³-hybridized carbons (Fsp3) is 0.370. The molecule has 0 atom stereocenters. The molecule has 2 N–H and O–H groups in total. The molecule has 8 heteroatoms. The summed E-state index contributed by atoms with van der Waals surface area (Å²) in [5.41, 5.74) is 3.72. The van der Waals surface area contributed by atoms with Gasteiger partial charge in [-0.3, -0.25) is 9.78 Å². The maximum Gasteiger partial charge on any atom is 0.226 e. The summed E-state index contributed by atoms with van der Waals surface area (Å²) in [6.07, 6.45) is 7.93. The van der Waals surface area contributed by atoms with Crippen molar-refractivity contribution in [2.75, 3.05) is 31.3 Å². The van der Waals surface area contributed by atoms with Gasteiger partial charge in [0, 0.05) is 43.6 Å². The van der Waals surface area contributed by atoms with E-state index in [0.717, 1.165) is 17.8 Å². The van der Waals surface area contributed by atoms with Gasteiger partial charge >= 0.3 is 0 Å². The Bertz CT molecular complexity index is 1280. The Kier molecular flexibility index (Phi) is 7.72. The van der Waals surface area contributed by atoms with Gasteiger partial charge in [0.15, 0.2) is 0 Å². The molecule has 1 saturated carbocycles. The Labute approximate surface area is 210 Å². The second-order valence-corrected chi connectivity index (χ2v) is 9.70. The zero-order chi connectivity index (χ0) is 24.9. The molecule has 0 aliphatic heterocycles. The van der Waals surface area contributed by atoms with Crippen LogP contribution in [0.5, 0.6) is 0 Å². The number of likely N-dealkylation sites (N-methyl/N-ethyl adjacent to an activating group) is 1. The van der Waals surface area contributed by atoms with Crippen molar-refractivity contribution in [2.45, 2.75) is 38.5 Å². The number of carbonyl (C=O) groups excluding carboxylic acids is 1. The van der Waals surface area contributed by atoms with Crippen LogP contribution in [0.3, 0.4) is 0 Å². The van der Waals surface area contributed by atoms with E-state index in [1.54, 1.807) is 25.1 Å². The van der Waals surface area contributed by atoms with Crippen LogP contribution in [0.4, 0.5) is 21.5 Å². The van der Waals surface area contributed by atoms with Crippen LogP contribution in [0.1, 0.15) is 43.2 Å². The molecule has 1 heterocycles. The summed E-state index contributed by atoms with van der Waals surface area (Å²) in [5, 5.41) is 17.3. The molecule has 6 nitrogen and oxygen atoms in total. The van der Waals surface area contributed by atoms with Gasteiger partial charge in [-0.15, -0.1) is 0 Å². The van der Waals surface area contributed by atoms with Gasteiger partial charge in [-0.05, 0) is 54.7 Å². The van der Waals surface area contributed by atoms with E-state index >= 15 is 0 Å². The fourth-order valence-corrected chi connectivity index (χ4v) is 4.71. The minimum Gasteiger partial charge on any atom is -0.385 e. The molecule has 0 spiro atoms. The fourth-order valence-electron chi connectivity index (χ4n) is 4.53. The number of fused-ring (bicyclic) bond motifs is 1. The molecule has 1 amide bonds. The van der Waals surface area contributed by atoms with Gasteiger partial charge in [0.1, 0.15) is 11.9 Å². The van der Waals surface area contributed by atoms with E-state index < -0.39 is 5.82 Å². The normalized spacial score (nSPS) is 13.9. The first-order valence-corrected chi connectivity index (χ1v) is 12.3. The third kappa shape index (κ3) is 5.83. The number of halogens is 2. The Morgan fingerprint density at radius 1 is 1.20 bits per heavy atom. The molecule has 4 rings (SSSR count). The van der Waals surface area contributed by atoms with E-state index in [1.165, 1.54) is 50.4 Å². The lowest BCUT2D eigenvalue weighted by atomic mass is 9.89. The van der Waals surface area contributed by atoms with Gasteiger partial charge in [-0.2, -0.15) is 5.26 Å². The van der Waals surface area contributed by atoms with Crippen molar-refractivity contribution >= 4 is 45.5 Å². The first-order valence-electron chi connectivity index (χ1n) is 11.9. The molecule has 1 aliphatic rings. The minimum absolute atomic E-state index is 0.0148. The van der Waals surface area contributed by atoms with Crippen LogP contribution in [-0.2, 0) is 11.2 Å². The molecule has 1 fully saturated rings.